The van der Waals surface area contributed by atoms with E-state index in [0.29, 0.717) is 17.7 Å². The smallest absolute Gasteiger partial charge is 0.328 e. The first kappa shape index (κ1) is 20.7. The monoisotopic (exact) mass is 397 g/mol. The lowest BCUT2D eigenvalue weighted by atomic mass is 9.85. The minimum Gasteiger partial charge on any atom is -0.508 e. The Labute approximate surface area is 171 Å². The van der Waals surface area contributed by atoms with Crippen molar-refractivity contribution in [2.24, 2.45) is 0 Å². The Kier molecular flexibility index (Phi) is 5.55. The van der Waals surface area contributed by atoms with Crippen LogP contribution in [0.4, 0.5) is 0 Å². The van der Waals surface area contributed by atoms with Gasteiger partial charge in [0.2, 0.25) is 0 Å². The second kappa shape index (κ2) is 7.78. The zero-order chi connectivity index (χ0) is 21.3. The fourth-order valence-electron chi connectivity index (χ4n) is 3.74. The van der Waals surface area contributed by atoms with Gasteiger partial charge in [-0.15, -0.1) is 0 Å². The molecule has 0 aromatic heterocycles. The summed E-state index contributed by atoms with van der Waals surface area (Å²) in [7, 11) is 2.89. The van der Waals surface area contributed by atoms with Gasteiger partial charge in [-0.2, -0.15) is 0 Å². The van der Waals surface area contributed by atoms with Gasteiger partial charge < -0.3 is 19.5 Å². The number of aromatic hydroxyl groups is 1. The van der Waals surface area contributed by atoms with E-state index in [-0.39, 0.29) is 23.6 Å². The van der Waals surface area contributed by atoms with Crippen LogP contribution in [0.2, 0.25) is 0 Å². The molecule has 1 aliphatic rings. The van der Waals surface area contributed by atoms with Gasteiger partial charge in [-0.05, 0) is 46.4 Å². The number of nitrogens with zero attached hydrogens (tertiary/aromatic N) is 1. The molecule has 0 spiro atoms. The number of methoxy groups -OCH3 is 2. The molecule has 29 heavy (non-hydrogen) atoms. The van der Waals surface area contributed by atoms with Crippen molar-refractivity contribution in [3.63, 3.8) is 0 Å². The van der Waals surface area contributed by atoms with Gasteiger partial charge in [-0.3, -0.25) is 4.79 Å². The highest BCUT2D eigenvalue weighted by Gasteiger charge is 2.36. The van der Waals surface area contributed by atoms with Crippen LogP contribution < -0.4 is 4.74 Å². The van der Waals surface area contributed by atoms with Gasteiger partial charge in [0, 0.05) is 18.5 Å². The lowest BCUT2D eigenvalue weighted by Gasteiger charge is -2.35. The number of hydrogen-bond donors (Lipinski definition) is 1. The minimum atomic E-state index is -0.755. The van der Waals surface area contributed by atoms with Gasteiger partial charge >= 0.3 is 5.97 Å². The van der Waals surface area contributed by atoms with Crippen molar-refractivity contribution in [1.82, 2.24) is 4.90 Å². The first-order valence-corrected chi connectivity index (χ1v) is 9.53. The van der Waals surface area contributed by atoms with Crippen LogP contribution in [0.3, 0.4) is 0 Å². The highest BCUT2D eigenvalue weighted by Crippen LogP contribution is 2.33. The standard InChI is InChI=1S/C23H27NO5/c1-23(2,3)18-9-7-14(12-20(18)28-4)21(26)24-13-15-6-8-17(25)10-16(15)11-19(24)22(27)29-5/h6-10,12,19,25H,11,13H2,1-5H3. The van der Waals surface area contributed by atoms with E-state index in [2.05, 4.69) is 20.8 Å². The molecule has 0 bridgehead atoms. The highest BCUT2D eigenvalue weighted by molar-refractivity contribution is 5.97. The Morgan fingerprint density at radius 3 is 2.41 bits per heavy atom. The summed E-state index contributed by atoms with van der Waals surface area (Å²) in [6.45, 7) is 6.50. The average Bonchev–Trinajstić information content (AvgIpc) is 2.70. The fourth-order valence-corrected chi connectivity index (χ4v) is 3.74. The van der Waals surface area contributed by atoms with E-state index in [0.717, 1.165) is 16.7 Å². The van der Waals surface area contributed by atoms with Crippen LogP contribution in [-0.4, -0.2) is 42.1 Å². The number of hydrogen-bond acceptors (Lipinski definition) is 5. The van der Waals surface area contributed by atoms with E-state index in [4.69, 9.17) is 9.47 Å². The van der Waals surface area contributed by atoms with E-state index in [9.17, 15) is 14.7 Å². The summed E-state index contributed by atoms with van der Waals surface area (Å²) in [5.74, 6) is 0.0263. The Hall–Kier alpha value is -3.02. The van der Waals surface area contributed by atoms with Crippen molar-refractivity contribution in [2.45, 2.75) is 45.2 Å². The molecule has 0 fully saturated rings. The summed E-state index contributed by atoms with van der Waals surface area (Å²) >= 11 is 0. The maximum atomic E-state index is 13.3. The van der Waals surface area contributed by atoms with Crippen molar-refractivity contribution in [1.29, 1.82) is 0 Å². The van der Waals surface area contributed by atoms with Crippen molar-refractivity contribution in [3.8, 4) is 11.5 Å². The third-order valence-corrected chi connectivity index (χ3v) is 5.31. The summed E-state index contributed by atoms with van der Waals surface area (Å²) in [6.07, 6.45) is 0.291. The number of fused-ring (bicyclic) bond motifs is 1. The number of carbonyl (C=O) groups is 2. The highest BCUT2D eigenvalue weighted by atomic mass is 16.5. The number of amides is 1. The number of phenols is 1. The van der Waals surface area contributed by atoms with E-state index < -0.39 is 12.0 Å². The minimum absolute atomic E-state index is 0.131. The summed E-state index contributed by atoms with van der Waals surface area (Å²) < 4.78 is 10.5. The average molecular weight is 397 g/mol. The fraction of sp³-hybridized carbons (Fsp3) is 0.391. The molecule has 1 amide bonds. The molecule has 2 aromatic carbocycles. The first-order valence-electron chi connectivity index (χ1n) is 9.53. The Morgan fingerprint density at radius 1 is 1.07 bits per heavy atom. The molecule has 0 saturated heterocycles. The number of benzene rings is 2. The third kappa shape index (κ3) is 4.06. The Balaban J connectivity index is 2.00. The molecule has 0 aliphatic carbocycles. The number of esters is 1. The molecule has 0 radical (unpaired) electrons. The predicted octanol–water partition coefficient (Wildman–Crippen LogP) is 3.44. The Bertz CT molecular complexity index is 945. The van der Waals surface area contributed by atoms with Crippen molar-refractivity contribution < 1.29 is 24.2 Å². The number of phenolic OH excluding ortho intramolecular Hbond substituents is 1. The van der Waals surface area contributed by atoms with Crippen LogP contribution in [0.1, 0.15) is 47.8 Å². The molecule has 1 heterocycles. The second-order valence-corrected chi connectivity index (χ2v) is 8.29. The van der Waals surface area contributed by atoms with Crippen LogP contribution in [0.15, 0.2) is 36.4 Å². The van der Waals surface area contributed by atoms with Crippen LogP contribution in [0, 0.1) is 0 Å². The van der Waals surface area contributed by atoms with Crippen LogP contribution in [-0.2, 0) is 27.9 Å². The summed E-state index contributed by atoms with van der Waals surface area (Å²) in [5.41, 5.74) is 3.05. The van der Waals surface area contributed by atoms with Gasteiger partial charge in [-0.25, -0.2) is 4.79 Å². The molecule has 1 unspecified atom stereocenters. The molecule has 0 saturated carbocycles. The van der Waals surface area contributed by atoms with Gasteiger partial charge in [-0.1, -0.05) is 32.9 Å². The van der Waals surface area contributed by atoms with Crippen molar-refractivity contribution >= 4 is 11.9 Å². The summed E-state index contributed by atoms with van der Waals surface area (Å²) in [6, 6.07) is 9.64. The molecule has 6 heteroatoms. The van der Waals surface area contributed by atoms with Crippen molar-refractivity contribution in [3.05, 3.63) is 58.7 Å². The van der Waals surface area contributed by atoms with Gasteiger partial charge in [0.15, 0.2) is 0 Å². The van der Waals surface area contributed by atoms with E-state index in [1.165, 1.54) is 12.0 Å². The lowest BCUT2D eigenvalue weighted by molar-refractivity contribution is -0.146. The molecule has 1 atom stereocenters. The molecule has 1 aliphatic heterocycles. The number of ether oxygens (including phenoxy) is 2. The predicted molar refractivity (Wildman–Crippen MR) is 109 cm³/mol. The number of rotatable bonds is 3. The molecule has 1 N–H and O–H groups in total. The van der Waals surface area contributed by atoms with Gasteiger partial charge in [0.25, 0.3) is 5.91 Å². The molecule has 3 rings (SSSR count). The molecular weight excluding hydrogens is 370 g/mol. The van der Waals surface area contributed by atoms with E-state index >= 15 is 0 Å². The van der Waals surface area contributed by atoms with Gasteiger partial charge in [0.1, 0.15) is 17.5 Å². The summed E-state index contributed by atoms with van der Waals surface area (Å²) in [4.78, 5) is 27.3. The quantitative estimate of drug-likeness (QED) is 0.803. The zero-order valence-electron chi connectivity index (χ0n) is 17.5. The molecule has 6 nitrogen and oxygen atoms in total. The molecule has 154 valence electrons. The summed E-state index contributed by atoms with van der Waals surface area (Å²) in [5, 5.41) is 9.76. The maximum absolute atomic E-state index is 13.3. The Morgan fingerprint density at radius 2 is 1.79 bits per heavy atom. The number of carbonyl (C=O) groups excluding carboxylic acids is 2. The van der Waals surface area contributed by atoms with Crippen molar-refractivity contribution in [2.75, 3.05) is 14.2 Å². The van der Waals surface area contributed by atoms with Crippen LogP contribution in [0.5, 0.6) is 11.5 Å². The maximum Gasteiger partial charge on any atom is 0.328 e. The second-order valence-electron chi connectivity index (χ2n) is 8.29. The largest absolute Gasteiger partial charge is 0.508 e. The van der Waals surface area contributed by atoms with Crippen LogP contribution in [0.25, 0.3) is 0 Å². The zero-order valence-corrected chi connectivity index (χ0v) is 17.5. The topological polar surface area (TPSA) is 76.1 Å². The molecule has 2 aromatic rings. The SMILES string of the molecule is COC(=O)C1Cc2cc(O)ccc2CN1C(=O)c1ccc(C(C)(C)C)c(OC)c1. The third-order valence-electron chi connectivity index (χ3n) is 5.31. The lowest BCUT2D eigenvalue weighted by Crippen LogP contribution is -2.49. The van der Waals surface area contributed by atoms with Crippen LogP contribution >= 0.6 is 0 Å². The van der Waals surface area contributed by atoms with Gasteiger partial charge in [0.05, 0.1) is 14.2 Å². The van der Waals surface area contributed by atoms with E-state index in [1.807, 2.05) is 6.07 Å². The first-order chi connectivity index (χ1) is 13.7. The normalized spacial score (nSPS) is 16.2. The van der Waals surface area contributed by atoms with E-state index in [1.54, 1.807) is 37.4 Å². The molecular formula is C23H27NO5.